The van der Waals surface area contributed by atoms with E-state index in [-0.39, 0.29) is 38.6 Å². The van der Waals surface area contributed by atoms with Crippen LogP contribution in [0.2, 0.25) is 0 Å². The van der Waals surface area contributed by atoms with E-state index in [2.05, 4.69) is 384 Å². The van der Waals surface area contributed by atoms with Crippen LogP contribution >= 0.6 is 0 Å². The van der Waals surface area contributed by atoms with E-state index in [0.717, 1.165) is 82.7 Å². The van der Waals surface area contributed by atoms with Crippen LogP contribution in [0.4, 0.5) is 11.4 Å². The number of methoxy groups -OCH3 is 2. The number of rotatable bonds is 39. The largest absolute Gasteiger partial charge is 0.662 e. The van der Waals surface area contributed by atoms with Gasteiger partial charge in [0.15, 0.2) is 44.1 Å². The predicted octanol–water partition coefficient (Wildman–Crippen LogP) is 27.5. The first-order valence-corrected chi connectivity index (χ1v) is 49.9. The van der Waals surface area contributed by atoms with Gasteiger partial charge in [0.2, 0.25) is 5.91 Å². The van der Waals surface area contributed by atoms with Crippen molar-refractivity contribution in [3.63, 3.8) is 0 Å². The number of piperazine rings is 1. The second kappa shape index (κ2) is 59.9. The van der Waals surface area contributed by atoms with Crippen LogP contribution in [0.5, 0.6) is 5.75 Å². The normalized spacial score (nSPS) is 13.9. The van der Waals surface area contributed by atoms with E-state index >= 15 is 0 Å². The van der Waals surface area contributed by atoms with Crippen LogP contribution in [-0.2, 0) is 47.0 Å². The maximum Gasteiger partial charge on any atom is 0.220 e. The van der Waals surface area contributed by atoms with Gasteiger partial charge in [0.25, 0.3) is 0 Å². The molecular weight excluding hydrogens is 1580 g/mol. The van der Waals surface area contributed by atoms with Gasteiger partial charge in [-0.2, -0.15) is 6.54 Å². The lowest BCUT2D eigenvalue weighted by atomic mass is 9.84. The first kappa shape index (κ1) is 101. The van der Waals surface area contributed by atoms with Gasteiger partial charge in [0, 0.05) is 77.3 Å². The van der Waals surface area contributed by atoms with E-state index in [4.69, 9.17) is 14.2 Å². The summed E-state index contributed by atoms with van der Waals surface area (Å²) in [6.45, 7) is 34.5. The molecule has 13 heteroatoms. The number of anilines is 2. The maximum absolute atomic E-state index is 12.1. The van der Waals surface area contributed by atoms with Crippen LogP contribution in [0.3, 0.4) is 0 Å². The lowest BCUT2D eigenvalue weighted by Crippen LogP contribution is -2.63. The fraction of sp³-hybridized carbons (Fsp3) is 0.396. The van der Waals surface area contributed by atoms with E-state index in [0.29, 0.717) is 37.4 Å². The molecule has 1 aliphatic heterocycles. The molecule has 10 nitrogen and oxygen atoms in total. The summed E-state index contributed by atoms with van der Waals surface area (Å²) >= 11 is 0. The van der Waals surface area contributed by atoms with Crippen molar-refractivity contribution in [2.24, 2.45) is 11.8 Å². The summed E-state index contributed by atoms with van der Waals surface area (Å²) in [5, 5.41) is 4.39. The first-order chi connectivity index (χ1) is 60.8. The number of benzene rings is 11. The summed E-state index contributed by atoms with van der Waals surface area (Å²) in [5.41, 5.74) is 3.93. The van der Waals surface area contributed by atoms with E-state index in [1.165, 1.54) is 152 Å². The highest BCUT2D eigenvalue weighted by Gasteiger charge is 2.39. The Morgan fingerprint density at radius 2 is 0.766 bits per heavy atom. The predicted molar refractivity (Wildman–Crippen MR) is 533 cm³/mol. The highest BCUT2D eigenvalue weighted by Crippen LogP contribution is 2.38. The highest BCUT2D eigenvalue weighted by molar-refractivity contribution is 7.97. The number of amides is 1. The standard InChI is InChI=1S/C24H25S.C19H34N3.2C18H15S.C17H34N2O.C15H25NO3/c1-4-10-20(11-5-1)21-16-18-24(19-17-21)25(22-12-6-2-7-13-22)23-14-8-3-9-15-23;1-4-20-15-11-8-12-16-21(5-2)17-18-22(6-3)19-13-9-7-10-14-19;2*1-4-10-16(11-5-1)19(17-12-6-2-7-13-17)18-14-8-3-9-15-18;1-7-8-9-10-18-11-16(13(2)3)19(15(6)20)17(12-18)14(4)5;1-4-5-6-11-19-15-9-7-14(8-10-15)16(12-17-2)13-18-3/h2-3,6-9,12-20H,1,4-5,10-11H2;7,9-10,13-14H,4-6,8,11-12,15-18H2,1-3H3;2*1-15H;13-14,16-17H,7-12H2,1-6H3;7-10H,4-6,11-13H2,1-3H3/q+1;-1;2*+1;;. The number of hydrogen-bond donors (Lipinski definition) is 0. The molecule has 1 amide bonds. The molecule has 2 unspecified atom stereocenters. The minimum absolute atomic E-state index is 0.0146. The Bertz CT molecular complexity index is 4080. The quantitative estimate of drug-likeness (QED) is 0.0214. The minimum atomic E-state index is -0.0278. The summed E-state index contributed by atoms with van der Waals surface area (Å²) in [6.07, 6.45) is 18.2. The Labute approximate surface area is 759 Å². The number of ether oxygens (including phenoxy) is 3. The zero-order valence-electron chi connectivity index (χ0n) is 77.1. The molecule has 11 aromatic rings. The monoisotopic (exact) mass is 1730 g/mol. The Morgan fingerprint density at radius 1 is 0.395 bits per heavy atom. The molecule has 2 atom stereocenters. The van der Waals surface area contributed by atoms with Gasteiger partial charge >= 0.3 is 0 Å². The smallest absolute Gasteiger partial charge is 0.220 e. The molecule has 0 spiro atoms. The van der Waals surface area contributed by atoms with Crippen LogP contribution in [-0.4, -0.2) is 132 Å². The fourth-order valence-electron chi connectivity index (χ4n) is 15.8. The van der Waals surface area contributed by atoms with Crippen molar-refractivity contribution in [3.8, 4) is 5.75 Å². The van der Waals surface area contributed by atoms with Crippen molar-refractivity contribution in [3.05, 3.63) is 332 Å². The van der Waals surface area contributed by atoms with E-state index in [9.17, 15) is 4.79 Å². The molecule has 2 aliphatic rings. The van der Waals surface area contributed by atoms with E-state index < -0.39 is 0 Å². The summed E-state index contributed by atoms with van der Waals surface area (Å²) in [5.74, 6) is 2.98. The topological polar surface area (TPSA) is 75.1 Å². The van der Waals surface area contributed by atoms with Gasteiger partial charge < -0.3 is 39.1 Å². The van der Waals surface area contributed by atoms with Crippen molar-refractivity contribution >= 4 is 50.0 Å². The molecule has 1 saturated heterocycles. The molecule has 0 N–H and O–H groups in total. The van der Waals surface area contributed by atoms with E-state index in [1.807, 2.05) is 29.2 Å². The number of para-hydroxylation sites is 1. The molecule has 2 fully saturated rings. The molecular formula is C111H148N6O4S3+2. The average Bonchev–Trinajstić information content (AvgIpc) is 0.817. The molecule has 1 heterocycles. The van der Waals surface area contributed by atoms with Gasteiger partial charge in [0.1, 0.15) is 19.2 Å². The first-order valence-electron chi connectivity index (χ1n) is 46.2. The third-order valence-corrected chi connectivity index (χ3v) is 29.2. The second-order valence-electron chi connectivity index (χ2n) is 32.4. The molecule has 1 saturated carbocycles. The third-order valence-electron chi connectivity index (χ3n) is 22.5. The number of likely N-dealkylation sites (N-methyl/N-ethyl adjacent to an activating group) is 2. The van der Waals surface area contributed by atoms with Crippen LogP contribution in [0.1, 0.15) is 171 Å². The molecule has 11 aromatic carbocycles. The Morgan fingerprint density at radius 3 is 1.11 bits per heavy atom. The number of hydrogen-bond acceptors (Lipinski definition) is 8. The lowest BCUT2D eigenvalue weighted by Gasteiger charge is -2.49. The van der Waals surface area contributed by atoms with Crippen LogP contribution in [0.15, 0.2) is 366 Å². The molecule has 124 heavy (non-hydrogen) atoms. The summed E-state index contributed by atoms with van der Waals surface area (Å²) in [6, 6.07) is 115. The van der Waals surface area contributed by atoms with Crippen molar-refractivity contribution in [1.82, 2.24) is 14.7 Å². The summed E-state index contributed by atoms with van der Waals surface area (Å²) in [4.78, 5) is 36.3. The van der Waals surface area contributed by atoms with Gasteiger partial charge in [-0.25, -0.2) is 0 Å². The zero-order chi connectivity index (χ0) is 88.0. The van der Waals surface area contributed by atoms with Gasteiger partial charge in [-0.15, -0.1) is 6.54 Å². The van der Waals surface area contributed by atoms with Crippen LogP contribution in [0.25, 0.3) is 5.32 Å². The SMILES string of the molecule is CCCCCN1CC(C(C)C)N(C(C)=O)C(C(C)C)C1.CCCCCOc1ccc(N(COC)COC)cc1.CC[N-]CCCCCN(CC)CCN(CC)c1ccccc1.c1ccc([S+](c2ccccc2)c2ccc(C3CCCCC3)cc2)cc1.c1ccc([S+](c2ccccc2)c2ccccc2)cc1.c1ccc([S+](c2ccccc2)c2ccccc2)cc1. The fourth-order valence-corrected chi connectivity index (χ4v) is 22.1. The molecule has 0 radical (unpaired) electrons. The summed E-state index contributed by atoms with van der Waals surface area (Å²) in [7, 11) is 3.29. The van der Waals surface area contributed by atoms with Crippen molar-refractivity contribution in [2.75, 3.05) is 110 Å². The molecule has 1 aliphatic carbocycles. The van der Waals surface area contributed by atoms with Crippen molar-refractivity contribution in [2.45, 2.75) is 221 Å². The van der Waals surface area contributed by atoms with Crippen LogP contribution < -0.4 is 14.5 Å². The van der Waals surface area contributed by atoms with Crippen molar-refractivity contribution in [1.29, 1.82) is 0 Å². The zero-order valence-corrected chi connectivity index (χ0v) is 79.6. The van der Waals surface area contributed by atoms with Gasteiger partial charge in [-0.1, -0.05) is 289 Å². The molecule has 0 aromatic heterocycles. The van der Waals surface area contributed by atoms with Crippen LogP contribution in [0, 0.1) is 11.8 Å². The summed E-state index contributed by atoms with van der Waals surface area (Å²) < 4.78 is 16.0. The Kier molecular flexibility index (Phi) is 48.6. The van der Waals surface area contributed by atoms with Gasteiger partial charge in [-0.05, 0) is 228 Å². The Hall–Kier alpha value is -8.86. The van der Waals surface area contributed by atoms with E-state index in [1.54, 1.807) is 21.1 Å². The lowest BCUT2D eigenvalue weighted by molar-refractivity contribution is -0.141. The molecule has 662 valence electrons. The number of carbonyl (C=O) groups is 1. The number of carbonyl (C=O) groups excluding carboxylic acids is 1. The minimum Gasteiger partial charge on any atom is -0.662 e. The van der Waals surface area contributed by atoms with Gasteiger partial charge in [-0.3, -0.25) is 9.69 Å². The number of unbranched alkanes of at least 4 members (excludes halogenated alkanes) is 6. The third kappa shape index (κ3) is 35.2. The molecule has 0 bridgehead atoms. The number of nitrogens with zero attached hydrogens (tertiary/aromatic N) is 6. The Balaban J connectivity index is 0.000000185. The average molecular weight is 1730 g/mol. The van der Waals surface area contributed by atoms with Crippen molar-refractivity contribution < 1.29 is 19.0 Å². The molecule has 13 rings (SSSR count). The highest BCUT2D eigenvalue weighted by atomic mass is 32.2. The van der Waals surface area contributed by atoms with Gasteiger partial charge in [0.05, 0.1) is 39.3 Å². The maximum atomic E-state index is 12.1. The second-order valence-corrected chi connectivity index (χ2v) is 38.5.